The van der Waals surface area contributed by atoms with Crippen LogP contribution in [-0.2, 0) is 19.6 Å². The Bertz CT molecular complexity index is 958. The molecule has 4 heterocycles. The first-order valence-electron chi connectivity index (χ1n) is 9.94. The summed E-state index contributed by atoms with van der Waals surface area (Å²) in [5.41, 5.74) is 7.74. The molecular weight excluding hydrogens is 397 g/mol. The average molecular weight is 422 g/mol. The fourth-order valence-corrected chi connectivity index (χ4v) is 4.70. The zero-order chi connectivity index (χ0) is 21.5. The van der Waals surface area contributed by atoms with Gasteiger partial charge < -0.3 is 10.3 Å². The van der Waals surface area contributed by atoms with E-state index in [0.717, 1.165) is 42.2 Å². The van der Waals surface area contributed by atoms with Crippen molar-refractivity contribution in [3.63, 3.8) is 0 Å². The highest BCUT2D eigenvalue weighted by Crippen LogP contribution is 2.35. The first-order valence-corrected chi connectivity index (χ1v) is 9.94. The number of likely N-dealkylation sites (tertiary alicyclic amines) is 1. The minimum Gasteiger partial charge on any atom is -0.368 e. The van der Waals surface area contributed by atoms with Crippen molar-refractivity contribution in [2.45, 2.75) is 38.1 Å². The molecule has 10 heteroatoms. The van der Waals surface area contributed by atoms with E-state index in [0.29, 0.717) is 18.0 Å². The van der Waals surface area contributed by atoms with Crippen LogP contribution in [0, 0.1) is 5.92 Å². The van der Waals surface area contributed by atoms with E-state index in [-0.39, 0.29) is 24.0 Å². The lowest BCUT2D eigenvalue weighted by Crippen LogP contribution is -2.47. The van der Waals surface area contributed by atoms with Crippen LogP contribution in [0.5, 0.6) is 0 Å². The fraction of sp³-hybridized carbons (Fsp3) is 0.550. The smallest absolute Gasteiger partial charge is 0.368 e. The van der Waals surface area contributed by atoms with E-state index >= 15 is 0 Å². The van der Waals surface area contributed by atoms with Gasteiger partial charge in [0.15, 0.2) is 0 Å². The summed E-state index contributed by atoms with van der Waals surface area (Å²) in [4.78, 5) is 24.5. The summed E-state index contributed by atoms with van der Waals surface area (Å²) >= 11 is 0. The number of hydrogen-bond donors (Lipinski definition) is 1. The number of alkyl halides is 3. The molecule has 2 bridgehead atoms. The second-order valence-electron chi connectivity index (χ2n) is 8.43. The summed E-state index contributed by atoms with van der Waals surface area (Å²) in [5, 5.41) is 0. The molecule has 0 amide bonds. The summed E-state index contributed by atoms with van der Waals surface area (Å²) in [6.07, 6.45) is 0.195. The third kappa shape index (κ3) is 4.65. The molecular formula is C20H25F3N6O. The number of nitrogen functional groups attached to an aromatic ring is 1. The molecule has 2 atom stereocenters. The molecule has 2 aliphatic heterocycles. The predicted octanol–water partition coefficient (Wildman–Crippen LogP) is 1.83. The maximum absolute atomic E-state index is 13.0. The summed E-state index contributed by atoms with van der Waals surface area (Å²) in [6.45, 7) is 1.92. The Kier molecular flexibility index (Phi) is 5.54. The molecule has 2 aromatic heterocycles. The van der Waals surface area contributed by atoms with Gasteiger partial charge in [-0.15, -0.1) is 0 Å². The molecule has 0 aliphatic carbocycles. The van der Waals surface area contributed by atoms with Gasteiger partial charge in [0, 0.05) is 67.9 Å². The molecule has 1 fully saturated rings. The minimum absolute atomic E-state index is 0.0166. The molecule has 0 unspecified atom stereocenters. The number of hydrogen-bond acceptors (Lipinski definition) is 6. The van der Waals surface area contributed by atoms with Gasteiger partial charge in [-0.05, 0) is 25.5 Å². The zero-order valence-corrected chi connectivity index (χ0v) is 16.8. The van der Waals surface area contributed by atoms with Crippen molar-refractivity contribution in [2.24, 2.45) is 5.92 Å². The second-order valence-corrected chi connectivity index (χ2v) is 8.43. The topological polar surface area (TPSA) is 80.3 Å². The first-order chi connectivity index (χ1) is 14.2. The summed E-state index contributed by atoms with van der Waals surface area (Å²) in [5.74, 6) is 0.799. The Balaban J connectivity index is 1.49. The summed E-state index contributed by atoms with van der Waals surface area (Å²) < 4.78 is 39.6. The van der Waals surface area contributed by atoms with Crippen LogP contribution in [0.15, 0.2) is 29.3 Å². The number of piperidine rings is 1. The van der Waals surface area contributed by atoms with Crippen molar-refractivity contribution < 1.29 is 13.2 Å². The highest BCUT2D eigenvalue weighted by atomic mass is 19.4. The number of rotatable bonds is 5. The third-order valence-electron chi connectivity index (χ3n) is 5.78. The van der Waals surface area contributed by atoms with Crippen LogP contribution in [0.25, 0.3) is 0 Å². The van der Waals surface area contributed by atoms with Crippen LogP contribution in [-0.4, -0.2) is 57.2 Å². The van der Waals surface area contributed by atoms with Crippen LogP contribution in [0.4, 0.5) is 19.1 Å². The van der Waals surface area contributed by atoms with E-state index in [1.165, 1.54) is 7.05 Å². The van der Waals surface area contributed by atoms with Crippen molar-refractivity contribution in [1.29, 1.82) is 0 Å². The van der Waals surface area contributed by atoms with Gasteiger partial charge in [0.25, 0.3) is 5.56 Å². The van der Waals surface area contributed by atoms with Gasteiger partial charge in [0.2, 0.25) is 5.95 Å². The fourth-order valence-electron chi connectivity index (χ4n) is 4.70. The van der Waals surface area contributed by atoms with Gasteiger partial charge in [-0.1, -0.05) is 6.07 Å². The van der Waals surface area contributed by atoms with Gasteiger partial charge in [0.05, 0.1) is 6.54 Å². The quantitative estimate of drug-likeness (QED) is 0.792. The number of nitrogens with zero attached hydrogens (tertiary/aromatic N) is 5. The maximum Gasteiger partial charge on any atom is 0.401 e. The number of fused-ring (bicyclic) bond motifs is 4. The number of pyridine rings is 1. The Morgan fingerprint density at radius 1 is 1.20 bits per heavy atom. The normalized spacial score (nSPS) is 21.6. The SMILES string of the molecule is CN(Cc1ccc2n(c1=O)C[C@H]1C[C@@H]2CN(Cc2cnc(N)nc2)C1)CC(F)(F)F. The van der Waals surface area contributed by atoms with Gasteiger partial charge in [-0.25, -0.2) is 9.97 Å². The number of nitrogens with two attached hydrogens (primary N) is 1. The molecule has 2 aliphatic rings. The van der Waals surface area contributed by atoms with Gasteiger partial charge >= 0.3 is 6.18 Å². The average Bonchev–Trinajstić information content (AvgIpc) is 2.65. The first kappa shape index (κ1) is 20.8. The van der Waals surface area contributed by atoms with E-state index < -0.39 is 12.7 Å². The van der Waals surface area contributed by atoms with Gasteiger partial charge in [-0.2, -0.15) is 13.2 Å². The highest BCUT2D eigenvalue weighted by molar-refractivity contribution is 5.23. The Labute approximate surface area is 172 Å². The molecule has 0 spiro atoms. The van der Waals surface area contributed by atoms with Crippen molar-refractivity contribution in [2.75, 3.05) is 32.4 Å². The largest absolute Gasteiger partial charge is 0.401 e. The lowest BCUT2D eigenvalue weighted by molar-refractivity contribution is -0.144. The van der Waals surface area contributed by atoms with Gasteiger partial charge in [-0.3, -0.25) is 14.6 Å². The van der Waals surface area contributed by atoms with E-state index in [2.05, 4.69) is 14.9 Å². The molecule has 4 rings (SSSR count). The molecule has 1 saturated heterocycles. The molecule has 162 valence electrons. The molecule has 0 radical (unpaired) electrons. The van der Waals surface area contributed by atoms with Crippen molar-refractivity contribution >= 4 is 5.95 Å². The zero-order valence-electron chi connectivity index (χ0n) is 16.8. The van der Waals surface area contributed by atoms with Crippen LogP contribution in [0.3, 0.4) is 0 Å². The standard InChI is InChI=1S/C20H25F3N6O/c1-27(12-20(21,22)23)10-15-2-3-17-16-4-13(9-29(17)18(15)30)7-28(11-16)8-14-5-25-19(24)26-6-14/h2-3,5-6,13,16H,4,7-12H2,1H3,(H2,24,25,26)/t13-,16+/m0/s1. The molecule has 0 aromatic carbocycles. The van der Waals surface area contributed by atoms with E-state index in [1.807, 2.05) is 6.07 Å². The third-order valence-corrected chi connectivity index (χ3v) is 5.78. The summed E-state index contributed by atoms with van der Waals surface area (Å²) in [7, 11) is 1.38. The van der Waals surface area contributed by atoms with E-state index in [1.54, 1.807) is 23.0 Å². The van der Waals surface area contributed by atoms with Crippen LogP contribution in [0.2, 0.25) is 0 Å². The van der Waals surface area contributed by atoms with Gasteiger partial charge in [0.1, 0.15) is 0 Å². The lowest BCUT2D eigenvalue weighted by atomic mass is 9.83. The maximum atomic E-state index is 13.0. The number of anilines is 1. The van der Waals surface area contributed by atoms with E-state index in [9.17, 15) is 18.0 Å². The minimum atomic E-state index is -4.28. The Morgan fingerprint density at radius 2 is 1.93 bits per heavy atom. The lowest BCUT2D eigenvalue weighted by Gasteiger charge is -2.43. The van der Waals surface area contributed by atoms with Crippen molar-refractivity contribution in [1.82, 2.24) is 24.3 Å². The van der Waals surface area contributed by atoms with Crippen molar-refractivity contribution in [3.8, 4) is 0 Å². The monoisotopic (exact) mass is 422 g/mol. The molecule has 7 nitrogen and oxygen atoms in total. The van der Waals surface area contributed by atoms with Crippen LogP contribution >= 0.6 is 0 Å². The molecule has 2 aromatic rings. The predicted molar refractivity (Wildman–Crippen MR) is 106 cm³/mol. The van der Waals surface area contributed by atoms with Crippen LogP contribution < -0.4 is 11.3 Å². The Hall–Kier alpha value is -2.46. The Morgan fingerprint density at radius 3 is 2.63 bits per heavy atom. The highest BCUT2D eigenvalue weighted by Gasteiger charge is 2.35. The molecule has 2 N–H and O–H groups in total. The van der Waals surface area contributed by atoms with Crippen molar-refractivity contribution in [3.05, 3.63) is 51.7 Å². The number of aromatic nitrogens is 3. The van der Waals surface area contributed by atoms with Crippen LogP contribution in [0.1, 0.15) is 29.2 Å². The second kappa shape index (κ2) is 7.99. The molecule has 0 saturated carbocycles. The summed E-state index contributed by atoms with van der Waals surface area (Å²) in [6, 6.07) is 3.60. The molecule has 30 heavy (non-hydrogen) atoms. The number of halogens is 3. The van der Waals surface area contributed by atoms with E-state index in [4.69, 9.17) is 5.73 Å².